The van der Waals surface area contributed by atoms with Crippen molar-refractivity contribution >= 4 is 5.97 Å². The lowest BCUT2D eigenvalue weighted by atomic mass is 10.1. The van der Waals surface area contributed by atoms with Gasteiger partial charge in [0, 0.05) is 6.08 Å². The number of rotatable bonds is 11. The first-order chi connectivity index (χ1) is 10.8. The molecular formula is C18H26O4. The maximum absolute atomic E-state index is 11.2. The third-order valence-corrected chi connectivity index (χ3v) is 3.05. The second-order valence-electron chi connectivity index (χ2n) is 4.92. The zero-order valence-corrected chi connectivity index (χ0v) is 13.5. The molecule has 0 fully saturated rings. The molecule has 1 aromatic carbocycles. The highest BCUT2D eigenvalue weighted by Crippen LogP contribution is 2.09. The molecule has 0 heterocycles. The van der Waals surface area contributed by atoms with E-state index in [1.807, 2.05) is 30.3 Å². The normalized spacial score (nSPS) is 12.5. The Morgan fingerprint density at radius 2 is 2.00 bits per heavy atom. The van der Waals surface area contributed by atoms with Gasteiger partial charge in [0.2, 0.25) is 0 Å². The van der Waals surface area contributed by atoms with Gasteiger partial charge in [0.15, 0.2) is 0 Å². The Balaban J connectivity index is 2.24. The van der Waals surface area contributed by atoms with Gasteiger partial charge < -0.3 is 14.2 Å². The monoisotopic (exact) mass is 306 g/mol. The molecule has 1 aromatic rings. The van der Waals surface area contributed by atoms with Crippen molar-refractivity contribution in [3.8, 4) is 0 Å². The van der Waals surface area contributed by atoms with Crippen molar-refractivity contribution in [3.05, 3.63) is 48.0 Å². The van der Waals surface area contributed by atoms with Crippen LogP contribution in [-0.2, 0) is 25.6 Å². The zero-order chi connectivity index (χ0) is 16.0. The van der Waals surface area contributed by atoms with E-state index in [0.29, 0.717) is 19.6 Å². The molecule has 0 unspecified atom stereocenters. The Labute approximate surface area is 133 Å². The Kier molecular flexibility index (Phi) is 9.99. The van der Waals surface area contributed by atoms with Gasteiger partial charge in [0.05, 0.1) is 19.3 Å². The summed E-state index contributed by atoms with van der Waals surface area (Å²) in [4.78, 5) is 11.2. The summed E-state index contributed by atoms with van der Waals surface area (Å²) in [7, 11) is 0. The maximum Gasteiger partial charge on any atom is 0.330 e. The minimum absolute atomic E-state index is 0.0615. The smallest absolute Gasteiger partial charge is 0.330 e. The third kappa shape index (κ3) is 8.60. The molecular weight excluding hydrogens is 280 g/mol. The highest BCUT2D eigenvalue weighted by Gasteiger charge is 2.06. The van der Waals surface area contributed by atoms with Crippen molar-refractivity contribution in [2.75, 3.05) is 13.4 Å². The van der Waals surface area contributed by atoms with Crippen molar-refractivity contribution in [2.24, 2.45) is 0 Å². The third-order valence-electron chi connectivity index (χ3n) is 3.05. The van der Waals surface area contributed by atoms with Gasteiger partial charge in [-0.3, -0.25) is 0 Å². The fourth-order valence-corrected chi connectivity index (χ4v) is 1.98. The molecule has 0 aliphatic rings. The Hall–Kier alpha value is -1.65. The molecule has 0 radical (unpaired) electrons. The fraction of sp³-hybridized carbons (Fsp3) is 0.500. The van der Waals surface area contributed by atoms with Crippen LogP contribution >= 0.6 is 0 Å². The molecule has 0 saturated carbocycles. The van der Waals surface area contributed by atoms with E-state index in [0.717, 1.165) is 18.4 Å². The van der Waals surface area contributed by atoms with Crippen LogP contribution in [0.3, 0.4) is 0 Å². The number of hydrogen-bond acceptors (Lipinski definition) is 4. The summed E-state index contributed by atoms with van der Waals surface area (Å²) < 4.78 is 16.1. The highest BCUT2D eigenvalue weighted by molar-refractivity contribution is 5.81. The first-order valence-corrected chi connectivity index (χ1v) is 7.82. The van der Waals surface area contributed by atoms with Gasteiger partial charge in [-0.25, -0.2) is 4.79 Å². The highest BCUT2D eigenvalue weighted by atomic mass is 16.7. The molecule has 22 heavy (non-hydrogen) atoms. The molecule has 0 N–H and O–H groups in total. The van der Waals surface area contributed by atoms with Crippen LogP contribution in [-0.4, -0.2) is 25.5 Å². The molecule has 122 valence electrons. The molecule has 1 atom stereocenters. The second-order valence-corrected chi connectivity index (χ2v) is 4.92. The maximum atomic E-state index is 11.2. The Morgan fingerprint density at radius 1 is 1.23 bits per heavy atom. The van der Waals surface area contributed by atoms with E-state index in [4.69, 9.17) is 14.2 Å². The van der Waals surface area contributed by atoms with Crippen LogP contribution in [0.1, 0.15) is 38.7 Å². The topological polar surface area (TPSA) is 44.8 Å². The number of carbonyl (C=O) groups excluding carboxylic acids is 1. The van der Waals surface area contributed by atoms with E-state index >= 15 is 0 Å². The summed E-state index contributed by atoms with van der Waals surface area (Å²) in [5, 5.41) is 0. The van der Waals surface area contributed by atoms with Gasteiger partial charge in [-0.2, -0.15) is 0 Å². The Morgan fingerprint density at radius 3 is 2.68 bits per heavy atom. The van der Waals surface area contributed by atoms with Crippen molar-refractivity contribution in [1.29, 1.82) is 0 Å². The quantitative estimate of drug-likeness (QED) is 0.269. The summed E-state index contributed by atoms with van der Waals surface area (Å²) in [6, 6.07) is 9.99. The summed E-state index contributed by atoms with van der Waals surface area (Å²) >= 11 is 0. The summed E-state index contributed by atoms with van der Waals surface area (Å²) in [5.74, 6) is -0.307. The summed E-state index contributed by atoms with van der Waals surface area (Å²) in [5.41, 5.74) is 1.13. The van der Waals surface area contributed by atoms with Gasteiger partial charge in [-0.1, -0.05) is 49.8 Å². The zero-order valence-electron chi connectivity index (χ0n) is 13.5. The van der Waals surface area contributed by atoms with E-state index in [1.165, 1.54) is 6.08 Å². The average molecular weight is 306 g/mol. The Bertz CT molecular complexity index is 428. The van der Waals surface area contributed by atoms with Crippen LogP contribution < -0.4 is 0 Å². The predicted octanol–water partition coefficient (Wildman–Crippen LogP) is 3.86. The van der Waals surface area contributed by atoms with Crippen LogP contribution in [0.2, 0.25) is 0 Å². The van der Waals surface area contributed by atoms with Gasteiger partial charge in [-0.15, -0.1) is 0 Å². The lowest BCUT2D eigenvalue weighted by Crippen LogP contribution is -2.14. The van der Waals surface area contributed by atoms with E-state index in [1.54, 1.807) is 13.0 Å². The van der Waals surface area contributed by atoms with Crippen LogP contribution in [0.15, 0.2) is 42.5 Å². The lowest BCUT2D eigenvalue weighted by Gasteiger charge is -2.15. The first kappa shape index (κ1) is 18.4. The SMILES string of the molecule is CCC[C@H](C/C=C/C(=O)OCC)OCOCc1ccccc1. The minimum Gasteiger partial charge on any atom is -0.463 e. The fourth-order valence-electron chi connectivity index (χ4n) is 1.98. The van der Waals surface area contributed by atoms with Crippen LogP contribution in [0, 0.1) is 0 Å². The summed E-state index contributed by atoms with van der Waals surface area (Å²) in [6.07, 6.45) is 5.96. The van der Waals surface area contributed by atoms with Crippen LogP contribution in [0.5, 0.6) is 0 Å². The number of carbonyl (C=O) groups is 1. The van der Waals surface area contributed by atoms with Crippen molar-refractivity contribution in [1.82, 2.24) is 0 Å². The van der Waals surface area contributed by atoms with E-state index < -0.39 is 0 Å². The van der Waals surface area contributed by atoms with E-state index in [2.05, 4.69) is 6.92 Å². The lowest BCUT2D eigenvalue weighted by molar-refractivity contribution is -0.137. The van der Waals surface area contributed by atoms with E-state index in [9.17, 15) is 4.79 Å². The molecule has 4 heteroatoms. The number of esters is 1. The predicted molar refractivity (Wildman–Crippen MR) is 86.3 cm³/mol. The molecule has 0 amide bonds. The van der Waals surface area contributed by atoms with Crippen LogP contribution in [0.4, 0.5) is 0 Å². The second kappa shape index (κ2) is 12.0. The number of hydrogen-bond donors (Lipinski definition) is 0. The molecule has 0 spiro atoms. The van der Waals surface area contributed by atoms with Gasteiger partial charge in [0.25, 0.3) is 0 Å². The van der Waals surface area contributed by atoms with Crippen LogP contribution in [0.25, 0.3) is 0 Å². The molecule has 4 nitrogen and oxygen atoms in total. The standard InChI is InChI=1S/C18H26O4/c1-3-9-17(12-8-13-18(19)21-4-2)22-15-20-14-16-10-6-5-7-11-16/h5-8,10-11,13,17H,3-4,9,12,14-15H2,1-2H3/b13-8+/t17-/m1/s1. The number of ether oxygens (including phenoxy) is 3. The van der Waals surface area contributed by atoms with Gasteiger partial charge in [-0.05, 0) is 25.3 Å². The molecule has 0 aliphatic carbocycles. The van der Waals surface area contributed by atoms with Gasteiger partial charge >= 0.3 is 5.97 Å². The van der Waals surface area contributed by atoms with Crippen molar-refractivity contribution in [2.45, 2.75) is 45.8 Å². The average Bonchev–Trinajstić information content (AvgIpc) is 2.53. The molecule has 1 rings (SSSR count). The molecule has 0 saturated heterocycles. The largest absolute Gasteiger partial charge is 0.463 e. The number of benzene rings is 1. The minimum atomic E-state index is -0.307. The summed E-state index contributed by atoms with van der Waals surface area (Å²) in [6.45, 7) is 5.09. The first-order valence-electron chi connectivity index (χ1n) is 7.82. The van der Waals surface area contributed by atoms with E-state index in [-0.39, 0.29) is 18.9 Å². The van der Waals surface area contributed by atoms with Crippen molar-refractivity contribution in [3.63, 3.8) is 0 Å². The molecule has 0 aromatic heterocycles. The molecule has 0 bridgehead atoms. The molecule has 0 aliphatic heterocycles. The van der Waals surface area contributed by atoms with Crippen molar-refractivity contribution < 1.29 is 19.0 Å². The van der Waals surface area contributed by atoms with Gasteiger partial charge in [0.1, 0.15) is 6.79 Å².